The third-order valence-corrected chi connectivity index (χ3v) is 5.33. The highest BCUT2D eigenvalue weighted by Gasteiger charge is 2.18. The standard InChI is InChI=1S/C22H29NO3/c1-16(23-12-6-5-7-13-23)17-8-10-18(11-9-17)19-14-20(24-2)22(26-4)21(15-19)25-3/h8-11,14-16H,5-7,12-13H2,1-4H3. The molecule has 0 radical (unpaired) electrons. The molecule has 0 N–H and O–H groups in total. The number of benzene rings is 2. The van der Waals surface area contributed by atoms with E-state index in [0.717, 1.165) is 11.1 Å². The molecule has 3 rings (SSSR count). The van der Waals surface area contributed by atoms with E-state index in [9.17, 15) is 0 Å². The van der Waals surface area contributed by atoms with E-state index in [1.807, 2.05) is 12.1 Å². The van der Waals surface area contributed by atoms with Gasteiger partial charge in [0.15, 0.2) is 11.5 Å². The largest absolute Gasteiger partial charge is 0.493 e. The predicted molar refractivity (Wildman–Crippen MR) is 105 cm³/mol. The zero-order chi connectivity index (χ0) is 18.5. The zero-order valence-corrected chi connectivity index (χ0v) is 16.2. The third-order valence-electron chi connectivity index (χ3n) is 5.33. The minimum atomic E-state index is 0.462. The Labute approximate surface area is 156 Å². The van der Waals surface area contributed by atoms with Gasteiger partial charge < -0.3 is 14.2 Å². The molecule has 0 bridgehead atoms. The zero-order valence-electron chi connectivity index (χ0n) is 16.2. The molecule has 1 saturated heterocycles. The van der Waals surface area contributed by atoms with Crippen molar-refractivity contribution in [3.8, 4) is 28.4 Å². The van der Waals surface area contributed by atoms with Crippen molar-refractivity contribution >= 4 is 0 Å². The van der Waals surface area contributed by atoms with Gasteiger partial charge in [-0.05, 0) is 61.7 Å². The van der Waals surface area contributed by atoms with Gasteiger partial charge in [0, 0.05) is 6.04 Å². The van der Waals surface area contributed by atoms with E-state index in [1.165, 1.54) is 37.9 Å². The summed E-state index contributed by atoms with van der Waals surface area (Å²) >= 11 is 0. The normalized spacial score (nSPS) is 16.2. The minimum Gasteiger partial charge on any atom is -0.493 e. The summed E-state index contributed by atoms with van der Waals surface area (Å²) in [4.78, 5) is 2.58. The number of ether oxygens (including phenoxy) is 3. The van der Waals surface area contributed by atoms with Gasteiger partial charge in [0.2, 0.25) is 5.75 Å². The maximum absolute atomic E-state index is 5.47. The molecule has 1 atom stereocenters. The first-order valence-electron chi connectivity index (χ1n) is 9.32. The molecule has 1 aliphatic rings. The van der Waals surface area contributed by atoms with Gasteiger partial charge in [-0.2, -0.15) is 0 Å². The van der Waals surface area contributed by atoms with E-state index in [1.54, 1.807) is 21.3 Å². The molecule has 0 amide bonds. The van der Waals surface area contributed by atoms with Gasteiger partial charge in [0.05, 0.1) is 21.3 Å². The van der Waals surface area contributed by atoms with Gasteiger partial charge in [-0.15, -0.1) is 0 Å². The van der Waals surface area contributed by atoms with Gasteiger partial charge in [-0.3, -0.25) is 4.90 Å². The van der Waals surface area contributed by atoms with Crippen LogP contribution in [0, 0.1) is 0 Å². The number of nitrogens with zero attached hydrogens (tertiary/aromatic N) is 1. The maximum Gasteiger partial charge on any atom is 0.203 e. The Hall–Kier alpha value is -2.20. The quantitative estimate of drug-likeness (QED) is 0.735. The van der Waals surface area contributed by atoms with E-state index < -0.39 is 0 Å². The molecule has 0 saturated carbocycles. The molecule has 140 valence electrons. The van der Waals surface area contributed by atoms with Crippen molar-refractivity contribution in [1.29, 1.82) is 0 Å². The van der Waals surface area contributed by atoms with Crippen molar-refractivity contribution in [2.45, 2.75) is 32.2 Å². The topological polar surface area (TPSA) is 30.9 Å². The van der Waals surface area contributed by atoms with Gasteiger partial charge in [0.1, 0.15) is 0 Å². The van der Waals surface area contributed by atoms with Crippen LogP contribution in [0.15, 0.2) is 36.4 Å². The van der Waals surface area contributed by atoms with Crippen molar-refractivity contribution in [2.24, 2.45) is 0 Å². The number of hydrogen-bond acceptors (Lipinski definition) is 4. The van der Waals surface area contributed by atoms with Crippen LogP contribution >= 0.6 is 0 Å². The fourth-order valence-electron chi connectivity index (χ4n) is 3.72. The molecular formula is C22H29NO3. The fraction of sp³-hybridized carbons (Fsp3) is 0.455. The highest BCUT2D eigenvalue weighted by atomic mass is 16.5. The molecule has 0 spiro atoms. The first kappa shape index (κ1) is 18.6. The Balaban J connectivity index is 1.86. The van der Waals surface area contributed by atoms with Crippen molar-refractivity contribution in [1.82, 2.24) is 4.90 Å². The molecule has 1 heterocycles. The lowest BCUT2D eigenvalue weighted by atomic mass is 9.99. The van der Waals surface area contributed by atoms with Crippen LogP contribution in [0.1, 0.15) is 37.8 Å². The summed E-state index contributed by atoms with van der Waals surface area (Å²) < 4.78 is 16.4. The SMILES string of the molecule is COc1cc(-c2ccc(C(C)N3CCCCC3)cc2)cc(OC)c1OC. The highest BCUT2D eigenvalue weighted by molar-refractivity contribution is 5.71. The first-order valence-corrected chi connectivity index (χ1v) is 9.32. The Morgan fingerprint density at radius 1 is 0.769 bits per heavy atom. The molecule has 1 aliphatic heterocycles. The van der Waals surface area contributed by atoms with Crippen LogP contribution in [-0.2, 0) is 0 Å². The molecule has 1 unspecified atom stereocenters. The summed E-state index contributed by atoms with van der Waals surface area (Å²) in [5, 5.41) is 0. The maximum atomic E-state index is 5.47. The molecule has 0 aromatic heterocycles. The summed E-state index contributed by atoms with van der Waals surface area (Å²) in [5.41, 5.74) is 3.55. The molecule has 4 nitrogen and oxygen atoms in total. The average Bonchev–Trinajstić information content (AvgIpc) is 2.72. The van der Waals surface area contributed by atoms with Gasteiger partial charge >= 0.3 is 0 Å². The summed E-state index contributed by atoms with van der Waals surface area (Å²) in [7, 11) is 4.91. The highest BCUT2D eigenvalue weighted by Crippen LogP contribution is 2.41. The molecule has 4 heteroatoms. The second kappa shape index (κ2) is 8.45. The van der Waals surface area contributed by atoms with Crippen LogP contribution < -0.4 is 14.2 Å². The molecule has 2 aromatic carbocycles. The fourth-order valence-corrected chi connectivity index (χ4v) is 3.72. The van der Waals surface area contributed by atoms with Crippen LogP contribution in [0.25, 0.3) is 11.1 Å². The van der Waals surface area contributed by atoms with Crippen molar-refractivity contribution < 1.29 is 14.2 Å². The minimum absolute atomic E-state index is 0.462. The second-order valence-corrected chi connectivity index (χ2v) is 6.81. The average molecular weight is 355 g/mol. The third kappa shape index (κ3) is 3.80. The van der Waals surface area contributed by atoms with E-state index in [-0.39, 0.29) is 0 Å². The number of likely N-dealkylation sites (tertiary alicyclic amines) is 1. The predicted octanol–water partition coefficient (Wildman–Crippen LogP) is 4.93. The lowest BCUT2D eigenvalue weighted by Crippen LogP contribution is -2.32. The Morgan fingerprint density at radius 3 is 1.85 bits per heavy atom. The van der Waals surface area contributed by atoms with E-state index >= 15 is 0 Å². The van der Waals surface area contributed by atoms with Gasteiger partial charge in [-0.25, -0.2) is 0 Å². The molecule has 0 aliphatic carbocycles. The van der Waals surface area contributed by atoms with Crippen LogP contribution in [0.2, 0.25) is 0 Å². The molecule has 26 heavy (non-hydrogen) atoms. The summed E-state index contributed by atoms with van der Waals surface area (Å²) in [6.07, 6.45) is 3.99. The summed E-state index contributed by atoms with van der Waals surface area (Å²) in [5.74, 6) is 1.97. The summed E-state index contributed by atoms with van der Waals surface area (Å²) in [6.45, 7) is 4.71. The van der Waals surface area contributed by atoms with Crippen molar-refractivity contribution in [3.05, 3.63) is 42.0 Å². The van der Waals surface area contributed by atoms with Gasteiger partial charge in [0.25, 0.3) is 0 Å². The van der Waals surface area contributed by atoms with E-state index in [2.05, 4.69) is 36.1 Å². The van der Waals surface area contributed by atoms with Crippen LogP contribution in [0.3, 0.4) is 0 Å². The lowest BCUT2D eigenvalue weighted by Gasteiger charge is -2.32. The lowest BCUT2D eigenvalue weighted by molar-refractivity contribution is 0.175. The summed E-state index contributed by atoms with van der Waals surface area (Å²) in [6, 6.07) is 13.3. The Kier molecular flexibility index (Phi) is 6.04. The van der Waals surface area contributed by atoms with E-state index in [4.69, 9.17) is 14.2 Å². The first-order chi connectivity index (χ1) is 12.7. The Morgan fingerprint density at radius 2 is 1.35 bits per heavy atom. The van der Waals surface area contributed by atoms with Crippen LogP contribution in [0.4, 0.5) is 0 Å². The van der Waals surface area contributed by atoms with Crippen molar-refractivity contribution in [3.63, 3.8) is 0 Å². The van der Waals surface area contributed by atoms with Crippen molar-refractivity contribution in [2.75, 3.05) is 34.4 Å². The monoisotopic (exact) mass is 355 g/mol. The smallest absolute Gasteiger partial charge is 0.203 e. The molecular weight excluding hydrogens is 326 g/mol. The van der Waals surface area contributed by atoms with Crippen LogP contribution in [-0.4, -0.2) is 39.3 Å². The van der Waals surface area contributed by atoms with Gasteiger partial charge in [-0.1, -0.05) is 30.7 Å². The molecule has 2 aromatic rings. The van der Waals surface area contributed by atoms with E-state index in [0.29, 0.717) is 23.3 Å². The number of rotatable bonds is 6. The second-order valence-electron chi connectivity index (χ2n) is 6.81. The number of piperidine rings is 1. The number of methoxy groups -OCH3 is 3. The Bertz CT molecular complexity index is 696. The number of hydrogen-bond donors (Lipinski definition) is 0. The molecule has 1 fully saturated rings. The van der Waals surface area contributed by atoms with Crippen LogP contribution in [0.5, 0.6) is 17.2 Å².